The maximum Gasteiger partial charge on any atom is 0.439 e. The highest BCUT2D eigenvalue weighted by Gasteiger charge is 2.25. The van der Waals surface area contributed by atoms with Gasteiger partial charge in [-0.2, -0.15) is 0 Å². The van der Waals surface area contributed by atoms with Gasteiger partial charge in [-0.05, 0) is 53.5 Å². The van der Waals surface area contributed by atoms with E-state index in [9.17, 15) is 9.18 Å². The molecule has 0 saturated heterocycles. The van der Waals surface area contributed by atoms with Crippen LogP contribution in [0.5, 0.6) is 5.75 Å². The van der Waals surface area contributed by atoms with Crippen molar-refractivity contribution in [2.45, 2.75) is 20.0 Å². The molecule has 3 aromatic heterocycles. The van der Waals surface area contributed by atoms with Crippen molar-refractivity contribution in [1.29, 1.82) is 0 Å². The predicted octanol–water partition coefficient (Wildman–Crippen LogP) is 6.22. The van der Waals surface area contributed by atoms with Crippen molar-refractivity contribution < 1.29 is 13.7 Å². The van der Waals surface area contributed by atoms with Crippen LogP contribution >= 0.6 is 11.6 Å². The fourth-order valence-corrected chi connectivity index (χ4v) is 5.39. The first-order valence-corrected chi connectivity index (χ1v) is 12.7. The maximum absolute atomic E-state index is 14.2. The first-order valence-electron chi connectivity index (χ1n) is 12.3. The standard InChI is InChI=1S/C30H20ClFN4O3/c1-16(28-34-30(37)39-35-28)26-21-9-7-17(12-19(21)15-38-25-14-20(32)8-10-22(25)26)13-24-27(18-4-2-5-18)33-29-23(31)6-3-11-36(24)29/h2-12,14H,13,15H2,1H3,(H,34,35,37)/b26-16-. The Morgan fingerprint density at radius 3 is 2.79 bits per heavy atom. The molecule has 2 aliphatic rings. The van der Waals surface area contributed by atoms with Crippen LogP contribution in [0.2, 0.25) is 5.02 Å². The number of pyridine rings is 1. The van der Waals surface area contributed by atoms with E-state index in [1.807, 2.05) is 53.9 Å². The lowest BCUT2D eigenvalue weighted by Crippen LogP contribution is -2.03. The van der Waals surface area contributed by atoms with Gasteiger partial charge in [0.1, 0.15) is 18.2 Å². The highest BCUT2D eigenvalue weighted by Crippen LogP contribution is 2.41. The van der Waals surface area contributed by atoms with E-state index in [4.69, 9.17) is 25.8 Å². The van der Waals surface area contributed by atoms with E-state index in [-0.39, 0.29) is 6.61 Å². The molecule has 0 atom stereocenters. The number of aromatic nitrogens is 4. The Balaban J connectivity index is 1.37. The van der Waals surface area contributed by atoms with Crippen LogP contribution < -0.4 is 10.5 Å². The van der Waals surface area contributed by atoms with Crippen LogP contribution in [0.4, 0.5) is 4.39 Å². The number of rotatable bonds is 4. The lowest BCUT2D eigenvalue weighted by Gasteiger charge is -2.15. The summed E-state index contributed by atoms with van der Waals surface area (Å²) in [5.41, 5.74) is 8.71. The van der Waals surface area contributed by atoms with E-state index in [1.165, 1.54) is 12.1 Å². The summed E-state index contributed by atoms with van der Waals surface area (Å²) in [4.78, 5) is 19.1. The first kappa shape index (κ1) is 23.4. The Bertz CT molecular complexity index is 1960. The highest BCUT2D eigenvalue weighted by molar-refractivity contribution is 6.33. The Hall–Kier alpha value is -4.69. The summed E-state index contributed by atoms with van der Waals surface area (Å²) in [6.45, 7) is 2.08. The van der Waals surface area contributed by atoms with Crippen LogP contribution in [0.25, 0.3) is 22.4 Å². The van der Waals surface area contributed by atoms with Crippen molar-refractivity contribution in [3.8, 4) is 5.75 Å². The summed E-state index contributed by atoms with van der Waals surface area (Å²) in [5, 5.41) is 4.47. The minimum atomic E-state index is -0.648. The number of fused-ring (bicyclic) bond motifs is 3. The van der Waals surface area contributed by atoms with Crippen molar-refractivity contribution in [2.24, 2.45) is 0 Å². The van der Waals surface area contributed by atoms with Gasteiger partial charge in [-0.15, -0.1) is 0 Å². The number of benzene rings is 2. The second-order valence-corrected chi connectivity index (χ2v) is 9.89. The molecule has 0 spiro atoms. The molecule has 39 heavy (non-hydrogen) atoms. The quantitative estimate of drug-likeness (QED) is 0.294. The number of nitrogens with one attached hydrogen (secondary N) is 1. The summed E-state index contributed by atoms with van der Waals surface area (Å²) >= 11 is 6.47. The monoisotopic (exact) mass is 538 g/mol. The maximum atomic E-state index is 14.2. The molecule has 0 unspecified atom stereocenters. The SMILES string of the molecule is C/C(=C1\c2ccc(Cc3c(C4=CC=C4)nc4c(Cl)cccn34)cc2COc2cc(F)ccc21)c1noc(=O)[nH]1. The zero-order chi connectivity index (χ0) is 26.7. The second-order valence-electron chi connectivity index (χ2n) is 9.48. The molecule has 2 aromatic carbocycles. The zero-order valence-electron chi connectivity index (χ0n) is 20.7. The number of hydrogen-bond donors (Lipinski definition) is 1. The second kappa shape index (κ2) is 8.96. The van der Waals surface area contributed by atoms with Crippen LogP contribution in [0, 0.1) is 5.82 Å². The van der Waals surface area contributed by atoms with E-state index < -0.39 is 11.6 Å². The fraction of sp³-hybridized carbons (Fsp3) is 0.100. The zero-order valence-corrected chi connectivity index (χ0v) is 21.4. The number of H-pyrrole nitrogens is 1. The van der Waals surface area contributed by atoms with Gasteiger partial charge in [-0.1, -0.05) is 53.2 Å². The number of nitrogens with zero attached hydrogens (tertiary/aromatic N) is 3. The van der Waals surface area contributed by atoms with Gasteiger partial charge in [0.15, 0.2) is 11.5 Å². The number of allylic oxidation sites excluding steroid dienone is 5. The van der Waals surface area contributed by atoms with E-state index in [0.717, 1.165) is 39.2 Å². The van der Waals surface area contributed by atoms with Crippen LogP contribution in [0.1, 0.15) is 46.4 Å². The number of imidazole rings is 1. The van der Waals surface area contributed by atoms with Crippen LogP contribution in [-0.2, 0) is 13.0 Å². The molecule has 0 bridgehead atoms. The number of ether oxygens (including phenoxy) is 1. The molecule has 0 radical (unpaired) electrons. The minimum Gasteiger partial charge on any atom is -0.488 e. The van der Waals surface area contributed by atoms with E-state index in [0.29, 0.717) is 39.8 Å². The first-order chi connectivity index (χ1) is 19.0. The average Bonchev–Trinajstić information content (AvgIpc) is 3.44. The number of hydrogen-bond acceptors (Lipinski definition) is 5. The van der Waals surface area contributed by atoms with Gasteiger partial charge < -0.3 is 9.14 Å². The van der Waals surface area contributed by atoms with Gasteiger partial charge in [-0.25, -0.2) is 14.2 Å². The van der Waals surface area contributed by atoms with Gasteiger partial charge >= 0.3 is 5.76 Å². The predicted molar refractivity (Wildman–Crippen MR) is 146 cm³/mol. The van der Waals surface area contributed by atoms with Gasteiger partial charge in [-0.3, -0.25) is 9.51 Å². The lowest BCUT2D eigenvalue weighted by molar-refractivity contribution is 0.305. The molecule has 1 aliphatic heterocycles. The van der Waals surface area contributed by atoms with Gasteiger partial charge in [0, 0.05) is 35.4 Å². The van der Waals surface area contributed by atoms with Crippen LogP contribution in [0.15, 0.2) is 82.3 Å². The largest absolute Gasteiger partial charge is 0.488 e. The van der Waals surface area contributed by atoms with Crippen molar-refractivity contribution in [3.05, 3.63) is 134 Å². The third kappa shape index (κ3) is 3.92. The normalized spacial score (nSPS) is 15.2. The minimum absolute atomic E-state index is 0.242. The highest BCUT2D eigenvalue weighted by atomic mass is 35.5. The van der Waals surface area contributed by atoms with Crippen molar-refractivity contribution in [3.63, 3.8) is 0 Å². The fourth-order valence-electron chi connectivity index (χ4n) is 5.18. The number of aromatic amines is 1. The third-order valence-corrected chi connectivity index (χ3v) is 7.40. The molecule has 1 N–H and O–H groups in total. The van der Waals surface area contributed by atoms with E-state index >= 15 is 0 Å². The molecule has 7 rings (SSSR count). The molecule has 0 saturated carbocycles. The summed E-state index contributed by atoms with van der Waals surface area (Å²) in [6.07, 6.45) is 8.63. The van der Waals surface area contributed by atoms with Crippen molar-refractivity contribution in [2.75, 3.05) is 0 Å². The Labute approximate surface area is 226 Å². The molecular formula is C30H20ClFN4O3. The molecular weight excluding hydrogens is 519 g/mol. The third-order valence-electron chi connectivity index (χ3n) is 7.10. The molecule has 7 nitrogen and oxygen atoms in total. The molecule has 5 aromatic rings. The smallest absolute Gasteiger partial charge is 0.439 e. The van der Waals surface area contributed by atoms with Gasteiger partial charge in [0.05, 0.1) is 16.4 Å². The lowest BCUT2D eigenvalue weighted by atomic mass is 9.89. The molecule has 9 heteroatoms. The molecule has 0 fully saturated rings. The Morgan fingerprint density at radius 1 is 1.18 bits per heavy atom. The summed E-state index contributed by atoms with van der Waals surface area (Å²) in [5.74, 6) is -0.331. The van der Waals surface area contributed by atoms with Crippen molar-refractivity contribution >= 4 is 34.0 Å². The Morgan fingerprint density at radius 2 is 2.03 bits per heavy atom. The number of halogens is 2. The molecule has 4 heterocycles. The van der Waals surface area contributed by atoms with Crippen molar-refractivity contribution in [1.82, 2.24) is 19.5 Å². The summed E-state index contributed by atoms with van der Waals surface area (Å²) in [7, 11) is 0. The molecule has 1 aliphatic carbocycles. The van der Waals surface area contributed by atoms with Crippen LogP contribution in [0.3, 0.4) is 0 Å². The van der Waals surface area contributed by atoms with E-state index in [2.05, 4.69) is 22.3 Å². The molecule has 0 amide bonds. The van der Waals surface area contributed by atoms with Crippen LogP contribution in [-0.4, -0.2) is 19.5 Å². The summed E-state index contributed by atoms with van der Waals surface area (Å²) in [6, 6.07) is 14.4. The average molecular weight is 539 g/mol. The summed E-state index contributed by atoms with van der Waals surface area (Å²) < 4.78 is 27.1. The van der Waals surface area contributed by atoms with Gasteiger partial charge in [0.2, 0.25) is 0 Å². The van der Waals surface area contributed by atoms with E-state index in [1.54, 1.807) is 6.07 Å². The van der Waals surface area contributed by atoms with Gasteiger partial charge in [0.25, 0.3) is 0 Å². The molecule has 192 valence electrons. The topological polar surface area (TPSA) is 85.4 Å². The Kier molecular flexibility index (Phi) is 5.38.